The summed E-state index contributed by atoms with van der Waals surface area (Å²) in [5.41, 5.74) is 1.19. The van der Waals surface area contributed by atoms with Crippen LogP contribution in [-0.4, -0.2) is 17.8 Å². The largest absolute Gasteiger partial charge is 0.396 e. The van der Waals surface area contributed by atoms with E-state index in [1.165, 1.54) is 24.8 Å². The minimum atomic E-state index is -0.174. The van der Waals surface area contributed by atoms with E-state index in [-0.39, 0.29) is 12.4 Å². The van der Waals surface area contributed by atoms with Gasteiger partial charge < -0.3 is 10.4 Å². The Morgan fingerprint density at radius 3 is 2.53 bits per heavy atom. The molecule has 0 bridgehead atoms. The van der Waals surface area contributed by atoms with Crippen molar-refractivity contribution >= 4 is 0 Å². The Morgan fingerprint density at radius 2 is 1.89 bits per heavy atom. The highest BCUT2D eigenvalue weighted by molar-refractivity contribution is 5.22. The standard InChI is InChI=1S/C16H22FNO/c17-14-8-6-12(7-9-14)16(11-4-5-11)18-15-3-1-2-13(15)10-19/h6-9,11,13,15-16,18-19H,1-5,10H2. The molecule has 0 spiro atoms. The lowest BCUT2D eigenvalue weighted by Crippen LogP contribution is -2.37. The van der Waals surface area contributed by atoms with Gasteiger partial charge in [-0.1, -0.05) is 18.6 Å². The molecule has 0 heterocycles. The van der Waals surface area contributed by atoms with E-state index in [1.54, 1.807) is 12.1 Å². The SMILES string of the molecule is OCC1CCCC1NC(c1ccc(F)cc1)C1CC1. The lowest BCUT2D eigenvalue weighted by atomic mass is 9.98. The molecule has 3 unspecified atom stereocenters. The summed E-state index contributed by atoms with van der Waals surface area (Å²) in [5.74, 6) is 0.902. The van der Waals surface area contributed by atoms with Crippen LogP contribution in [0.2, 0.25) is 0 Å². The van der Waals surface area contributed by atoms with Crippen LogP contribution < -0.4 is 5.32 Å². The maximum absolute atomic E-state index is 13.0. The highest BCUT2D eigenvalue weighted by atomic mass is 19.1. The number of aliphatic hydroxyl groups is 1. The predicted octanol–water partition coefficient (Wildman–Crippen LogP) is 3.03. The van der Waals surface area contributed by atoms with Crippen LogP contribution in [0.4, 0.5) is 4.39 Å². The zero-order valence-corrected chi connectivity index (χ0v) is 11.2. The van der Waals surface area contributed by atoms with E-state index in [4.69, 9.17) is 0 Å². The molecule has 19 heavy (non-hydrogen) atoms. The van der Waals surface area contributed by atoms with Crippen LogP contribution in [0, 0.1) is 17.7 Å². The highest BCUT2D eigenvalue weighted by Crippen LogP contribution is 2.42. The molecule has 2 N–H and O–H groups in total. The van der Waals surface area contributed by atoms with Crippen LogP contribution in [0.3, 0.4) is 0 Å². The molecule has 1 aromatic carbocycles. The summed E-state index contributed by atoms with van der Waals surface area (Å²) in [5, 5.41) is 13.2. The molecule has 104 valence electrons. The fourth-order valence-electron chi connectivity index (χ4n) is 3.31. The van der Waals surface area contributed by atoms with Gasteiger partial charge >= 0.3 is 0 Å². The minimum absolute atomic E-state index is 0.174. The number of halogens is 1. The van der Waals surface area contributed by atoms with Crippen molar-refractivity contribution in [1.29, 1.82) is 0 Å². The van der Waals surface area contributed by atoms with Crippen molar-refractivity contribution in [3.63, 3.8) is 0 Å². The Labute approximate surface area is 114 Å². The van der Waals surface area contributed by atoms with Gasteiger partial charge in [-0.05, 0) is 55.2 Å². The van der Waals surface area contributed by atoms with Crippen LogP contribution in [0.5, 0.6) is 0 Å². The van der Waals surface area contributed by atoms with Gasteiger partial charge in [-0.15, -0.1) is 0 Å². The summed E-state index contributed by atoms with van der Waals surface area (Å²) in [4.78, 5) is 0. The summed E-state index contributed by atoms with van der Waals surface area (Å²) in [6.07, 6.45) is 5.98. The van der Waals surface area contributed by atoms with E-state index in [0.29, 0.717) is 23.9 Å². The van der Waals surface area contributed by atoms with Crippen molar-refractivity contribution in [3.8, 4) is 0 Å². The highest BCUT2D eigenvalue weighted by Gasteiger charge is 2.36. The Morgan fingerprint density at radius 1 is 1.16 bits per heavy atom. The quantitative estimate of drug-likeness (QED) is 0.856. The molecule has 0 aliphatic heterocycles. The molecule has 0 aromatic heterocycles. The summed E-state index contributed by atoms with van der Waals surface area (Å²) >= 11 is 0. The fourth-order valence-corrected chi connectivity index (χ4v) is 3.31. The maximum Gasteiger partial charge on any atom is 0.123 e. The first-order chi connectivity index (χ1) is 9.28. The number of nitrogens with one attached hydrogen (secondary N) is 1. The minimum Gasteiger partial charge on any atom is -0.396 e. The fraction of sp³-hybridized carbons (Fsp3) is 0.625. The summed E-state index contributed by atoms with van der Waals surface area (Å²) in [6, 6.07) is 7.64. The Hall–Kier alpha value is -0.930. The molecular weight excluding hydrogens is 241 g/mol. The Bertz CT molecular complexity index is 415. The van der Waals surface area contributed by atoms with Gasteiger partial charge in [0.05, 0.1) is 0 Å². The van der Waals surface area contributed by atoms with Gasteiger partial charge in [0.15, 0.2) is 0 Å². The van der Waals surface area contributed by atoms with Crippen molar-refractivity contribution < 1.29 is 9.50 Å². The molecule has 2 nitrogen and oxygen atoms in total. The van der Waals surface area contributed by atoms with Gasteiger partial charge in [-0.3, -0.25) is 0 Å². The normalized spacial score (nSPS) is 28.5. The van der Waals surface area contributed by atoms with E-state index < -0.39 is 0 Å². The monoisotopic (exact) mass is 263 g/mol. The van der Waals surface area contributed by atoms with Gasteiger partial charge in [0.2, 0.25) is 0 Å². The molecule has 3 rings (SSSR count). The lowest BCUT2D eigenvalue weighted by Gasteiger charge is -2.27. The number of benzene rings is 1. The molecule has 2 saturated carbocycles. The second-order valence-electron chi connectivity index (χ2n) is 6.01. The molecule has 0 amide bonds. The van der Waals surface area contributed by atoms with Crippen LogP contribution in [0.25, 0.3) is 0 Å². The van der Waals surface area contributed by atoms with Crippen molar-refractivity contribution in [2.75, 3.05) is 6.61 Å². The summed E-state index contributed by atoms with van der Waals surface area (Å²) < 4.78 is 13.0. The molecule has 2 fully saturated rings. The maximum atomic E-state index is 13.0. The molecule has 2 aliphatic carbocycles. The third-order valence-electron chi connectivity index (χ3n) is 4.61. The van der Waals surface area contributed by atoms with Crippen LogP contribution >= 0.6 is 0 Å². The zero-order valence-electron chi connectivity index (χ0n) is 11.2. The first kappa shape index (κ1) is 13.1. The third kappa shape index (κ3) is 2.98. The van der Waals surface area contributed by atoms with Crippen LogP contribution in [0.15, 0.2) is 24.3 Å². The lowest BCUT2D eigenvalue weighted by molar-refractivity contribution is 0.197. The predicted molar refractivity (Wildman–Crippen MR) is 73.2 cm³/mol. The van der Waals surface area contributed by atoms with Crippen LogP contribution in [-0.2, 0) is 0 Å². The molecule has 2 aliphatic rings. The smallest absolute Gasteiger partial charge is 0.123 e. The van der Waals surface area contributed by atoms with E-state index >= 15 is 0 Å². The number of aliphatic hydroxyl groups excluding tert-OH is 1. The van der Waals surface area contributed by atoms with Gasteiger partial charge in [-0.25, -0.2) is 4.39 Å². The van der Waals surface area contributed by atoms with Crippen molar-refractivity contribution in [1.82, 2.24) is 5.32 Å². The van der Waals surface area contributed by atoms with Gasteiger partial charge in [-0.2, -0.15) is 0 Å². The number of hydrogen-bond acceptors (Lipinski definition) is 2. The molecule has 0 saturated heterocycles. The molecule has 3 heteroatoms. The number of rotatable bonds is 5. The van der Waals surface area contributed by atoms with Gasteiger partial charge in [0, 0.05) is 18.7 Å². The van der Waals surface area contributed by atoms with E-state index in [1.807, 2.05) is 12.1 Å². The second kappa shape index (κ2) is 5.59. The van der Waals surface area contributed by atoms with Gasteiger partial charge in [0.25, 0.3) is 0 Å². The van der Waals surface area contributed by atoms with Gasteiger partial charge in [0.1, 0.15) is 5.82 Å². The van der Waals surface area contributed by atoms with E-state index in [9.17, 15) is 9.50 Å². The average molecular weight is 263 g/mol. The van der Waals surface area contributed by atoms with Crippen molar-refractivity contribution in [3.05, 3.63) is 35.6 Å². The third-order valence-corrected chi connectivity index (χ3v) is 4.61. The molecule has 1 aromatic rings. The van der Waals surface area contributed by atoms with Crippen molar-refractivity contribution in [2.45, 2.75) is 44.2 Å². The average Bonchev–Trinajstić information content (AvgIpc) is 3.17. The zero-order chi connectivity index (χ0) is 13.2. The first-order valence-electron chi connectivity index (χ1n) is 7.40. The topological polar surface area (TPSA) is 32.3 Å². The van der Waals surface area contributed by atoms with E-state index in [0.717, 1.165) is 12.8 Å². The second-order valence-corrected chi connectivity index (χ2v) is 6.01. The number of hydrogen-bond donors (Lipinski definition) is 2. The molecule has 3 atom stereocenters. The summed E-state index contributed by atoms with van der Waals surface area (Å²) in [7, 11) is 0. The first-order valence-corrected chi connectivity index (χ1v) is 7.40. The Kier molecular flexibility index (Phi) is 3.85. The van der Waals surface area contributed by atoms with Crippen LogP contribution in [0.1, 0.15) is 43.7 Å². The van der Waals surface area contributed by atoms with E-state index in [2.05, 4.69) is 5.32 Å². The molecule has 0 radical (unpaired) electrons. The van der Waals surface area contributed by atoms with Crippen molar-refractivity contribution in [2.24, 2.45) is 11.8 Å². The summed E-state index contributed by atoms with van der Waals surface area (Å²) in [6.45, 7) is 0.276. The molecular formula is C16H22FNO. The Balaban J connectivity index is 1.72.